The van der Waals surface area contributed by atoms with E-state index in [9.17, 15) is 26.8 Å². The fourth-order valence-electron chi connectivity index (χ4n) is 4.81. The van der Waals surface area contributed by atoms with Crippen molar-refractivity contribution in [2.45, 2.75) is 18.0 Å². The fraction of sp³-hybridized carbons (Fsp3) is 0.192. The van der Waals surface area contributed by atoms with E-state index in [4.69, 9.17) is 5.14 Å². The molecule has 0 spiro atoms. The Morgan fingerprint density at radius 1 is 1.10 bits per heavy atom. The van der Waals surface area contributed by atoms with E-state index in [1.807, 2.05) is 0 Å². The number of sulfonamides is 1. The summed E-state index contributed by atoms with van der Waals surface area (Å²) in [5.41, 5.74) is -3.28. The molecule has 3 aromatic heterocycles. The molecule has 2 N–H and O–H groups in total. The topological polar surface area (TPSA) is 144 Å². The van der Waals surface area contributed by atoms with Gasteiger partial charge in [0.15, 0.2) is 16.5 Å². The predicted molar refractivity (Wildman–Crippen MR) is 143 cm³/mol. The SMILES string of the molecule is C=CC(=O)N1CCN(c2nc(=O)n(-c3cccnc3S(N)(=O)=O)c3nc(-c4c(F)cccc4F)c(F)cc23)[C@@H](C)C1. The average Bonchev–Trinajstić information content (AvgIpc) is 2.92. The minimum absolute atomic E-state index is 0.0209. The number of benzene rings is 1. The van der Waals surface area contributed by atoms with Gasteiger partial charge in [-0.15, -0.1) is 0 Å². The number of primary sulfonamides is 1. The molecule has 0 aliphatic carbocycles. The van der Waals surface area contributed by atoms with Gasteiger partial charge in [-0.1, -0.05) is 12.6 Å². The van der Waals surface area contributed by atoms with Crippen molar-refractivity contribution in [2.24, 2.45) is 5.14 Å². The van der Waals surface area contributed by atoms with Crippen LogP contribution in [0, 0.1) is 17.5 Å². The van der Waals surface area contributed by atoms with Crippen LogP contribution in [0.25, 0.3) is 28.0 Å². The number of pyridine rings is 2. The predicted octanol–water partition coefficient (Wildman–Crippen LogP) is 2.13. The molecular weight excluding hydrogens is 563 g/mol. The van der Waals surface area contributed by atoms with Crippen LogP contribution in [0.1, 0.15) is 6.92 Å². The highest BCUT2D eigenvalue weighted by Gasteiger charge is 2.31. The molecule has 11 nitrogen and oxygen atoms in total. The van der Waals surface area contributed by atoms with Crippen LogP contribution in [0.2, 0.25) is 0 Å². The van der Waals surface area contributed by atoms with Crippen LogP contribution in [0.3, 0.4) is 0 Å². The first kappa shape index (κ1) is 27.9. The van der Waals surface area contributed by atoms with Gasteiger partial charge in [0.2, 0.25) is 5.91 Å². The quantitative estimate of drug-likeness (QED) is 0.351. The third-order valence-electron chi connectivity index (χ3n) is 6.65. The Balaban J connectivity index is 1.83. The molecule has 4 aromatic rings. The van der Waals surface area contributed by atoms with E-state index in [2.05, 4.69) is 21.5 Å². The van der Waals surface area contributed by atoms with Crippen molar-refractivity contribution in [1.82, 2.24) is 24.4 Å². The van der Waals surface area contributed by atoms with Crippen molar-refractivity contribution in [2.75, 3.05) is 24.5 Å². The van der Waals surface area contributed by atoms with Crippen LogP contribution in [-0.2, 0) is 14.8 Å². The number of anilines is 1. The zero-order valence-corrected chi connectivity index (χ0v) is 22.3. The van der Waals surface area contributed by atoms with Gasteiger partial charge in [0.05, 0.1) is 16.6 Å². The lowest BCUT2D eigenvalue weighted by atomic mass is 10.1. The zero-order chi connectivity index (χ0) is 29.6. The highest BCUT2D eigenvalue weighted by molar-refractivity contribution is 7.89. The number of amides is 1. The second kappa shape index (κ2) is 10.4. The summed E-state index contributed by atoms with van der Waals surface area (Å²) in [5, 5.41) is 4.57. The highest BCUT2D eigenvalue weighted by atomic mass is 32.2. The van der Waals surface area contributed by atoms with Gasteiger partial charge >= 0.3 is 5.69 Å². The van der Waals surface area contributed by atoms with Crippen LogP contribution in [0.15, 0.2) is 65.1 Å². The summed E-state index contributed by atoms with van der Waals surface area (Å²) in [4.78, 5) is 41.0. The Kier molecular flexibility index (Phi) is 7.08. The molecule has 1 atom stereocenters. The van der Waals surface area contributed by atoms with Gasteiger partial charge in [-0.25, -0.2) is 46.1 Å². The molecule has 5 rings (SSSR count). The number of nitrogens with zero attached hydrogens (tertiary/aromatic N) is 6. The summed E-state index contributed by atoms with van der Waals surface area (Å²) < 4.78 is 70.4. The minimum atomic E-state index is -4.48. The molecule has 1 saturated heterocycles. The maximum atomic E-state index is 15.6. The third kappa shape index (κ3) is 4.93. The lowest BCUT2D eigenvalue weighted by molar-refractivity contribution is -0.126. The molecule has 0 bridgehead atoms. The van der Waals surface area contributed by atoms with Crippen LogP contribution in [0.4, 0.5) is 19.0 Å². The molecule has 0 unspecified atom stereocenters. The van der Waals surface area contributed by atoms with Gasteiger partial charge in [0.1, 0.15) is 23.1 Å². The number of rotatable bonds is 5. The standard InChI is InChI=1S/C26H22F3N7O4S/c1-3-20(37)34-10-11-35(14(2)13-34)23-15-12-18(29)22(21-16(27)6-4-7-17(21)28)32-24(15)36(26(38)33-23)19-8-5-9-31-25(19)41(30,39)40/h3-9,12,14H,1,10-11,13H2,2H3,(H2,30,39,40)/t14-/m0/s1. The summed E-state index contributed by atoms with van der Waals surface area (Å²) in [6.07, 6.45) is 2.31. The first-order valence-electron chi connectivity index (χ1n) is 12.2. The van der Waals surface area contributed by atoms with Crippen LogP contribution < -0.4 is 15.7 Å². The number of hydrogen-bond acceptors (Lipinski definition) is 8. The number of nitrogens with two attached hydrogens (primary N) is 1. The maximum absolute atomic E-state index is 15.6. The Morgan fingerprint density at radius 3 is 2.44 bits per heavy atom. The first-order valence-corrected chi connectivity index (χ1v) is 13.7. The molecule has 1 aliphatic rings. The van der Waals surface area contributed by atoms with Gasteiger partial charge in [-0.2, -0.15) is 4.98 Å². The van der Waals surface area contributed by atoms with Gasteiger partial charge in [0.25, 0.3) is 10.0 Å². The van der Waals surface area contributed by atoms with E-state index in [0.29, 0.717) is 0 Å². The molecule has 1 aliphatic heterocycles. The van der Waals surface area contributed by atoms with Crippen molar-refractivity contribution in [1.29, 1.82) is 0 Å². The molecular formula is C26H22F3N7O4S. The van der Waals surface area contributed by atoms with Gasteiger partial charge in [-0.05, 0) is 43.3 Å². The number of halogens is 3. The Labute approximate surface area is 231 Å². The zero-order valence-electron chi connectivity index (χ0n) is 21.5. The molecule has 1 amide bonds. The van der Waals surface area contributed by atoms with E-state index < -0.39 is 55.5 Å². The molecule has 1 fully saturated rings. The molecule has 0 saturated carbocycles. The number of fused-ring (bicyclic) bond motifs is 1. The van der Waals surface area contributed by atoms with Crippen LogP contribution in [0.5, 0.6) is 0 Å². The van der Waals surface area contributed by atoms with Gasteiger partial charge in [-0.3, -0.25) is 4.79 Å². The summed E-state index contributed by atoms with van der Waals surface area (Å²) in [5.74, 6) is -3.65. The van der Waals surface area contributed by atoms with Crippen molar-refractivity contribution in [3.63, 3.8) is 0 Å². The third-order valence-corrected chi connectivity index (χ3v) is 7.50. The monoisotopic (exact) mass is 585 g/mol. The fourth-order valence-corrected chi connectivity index (χ4v) is 5.47. The number of hydrogen-bond donors (Lipinski definition) is 1. The average molecular weight is 586 g/mol. The van der Waals surface area contributed by atoms with Gasteiger partial charge < -0.3 is 9.80 Å². The molecule has 0 radical (unpaired) electrons. The van der Waals surface area contributed by atoms with Crippen LogP contribution in [-0.4, -0.2) is 64.4 Å². The minimum Gasteiger partial charge on any atom is -0.350 e. The van der Waals surface area contributed by atoms with Crippen molar-refractivity contribution in [3.05, 3.63) is 83.2 Å². The van der Waals surface area contributed by atoms with E-state index in [0.717, 1.165) is 35.0 Å². The largest absolute Gasteiger partial charge is 0.355 e. The van der Waals surface area contributed by atoms with Crippen molar-refractivity contribution >= 4 is 32.8 Å². The van der Waals surface area contributed by atoms with Crippen LogP contribution >= 0.6 is 0 Å². The first-order chi connectivity index (χ1) is 19.4. The summed E-state index contributed by atoms with van der Waals surface area (Å²) in [6, 6.07) is 5.98. The lowest BCUT2D eigenvalue weighted by Gasteiger charge is -2.40. The van der Waals surface area contributed by atoms with Crippen molar-refractivity contribution < 1.29 is 26.4 Å². The smallest absolute Gasteiger partial charge is 0.350 e. The normalized spacial score (nSPS) is 15.8. The Bertz CT molecular complexity index is 1880. The summed E-state index contributed by atoms with van der Waals surface area (Å²) in [7, 11) is -4.48. The highest BCUT2D eigenvalue weighted by Crippen LogP contribution is 2.33. The van der Waals surface area contributed by atoms with E-state index >= 15 is 4.39 Å². The maximum Gasteiger partial charge on any atom is 0.355 e. The van der Waals surface area contributed by atoms with E-state index in [1.54, 1.807) is 16.7 Å². The number of carbonyl (C=O) groups excluding carboxylic acids is 1. The van der Waals surface area contributed by atoms with Crippen molar-refractivity contribution in [3.8, 4) is 16.9 Å². The molecule has 212 valence electrons. The second-order valence-electron chi connectivity index (χ2n) is 9.24. The second-order valence-corrected chi connectivity index (χ2v) is 10.7. The molecule has 1 aromatic carbocycles. The number of piperazine rings is 1. The Morgan fingerprint density at radius 2 is 1.80 bits per heavy atom. The van der Waals surface area contributed by atoms with E-state index in [-0.39, 0.29) is 48.1 Å². The lowest BCUT2D eigenvalue weighted by Crippen LogP contribution is -2.54. The molecule has 15 heteroatoms. The summed E-state index contributed by atoms with van der Waals surface area (Å²) in [6.45, 7) is 5.89. The number of carbonyl (C=O) groups is 1. The summed E-state index contributed by atoms with van der Waals surface area (Å²) >= 11 is 0. The van der Waals surface area contributed by atoms with Gasteiger partial charge in [0, 0.05) is 31.9 Å². The molecule has 4 heterocycles. The molecule has 41 heavy (non-hydrogen) atoms. The Hall–Kier alpha value is -4.63. The number of aromatic nitrogens is 4. The van der Waals surface area contributed by atoms with E-state index in [1.165, 1.54) is 18.2 Å².